The quantitative estimate of drug-likeness (QED) is 0.859. The zero-order valence-corrected chi connectivity index (χ0v) is 10.5. The summed E-state index contributed by atoms with van der Waals surface area (Å²) in [6.07, 6.45) is 0. The number of methoxy groups -OCH3 is 1. The maximum absolute atomic E-state index is 6.01. The first kappa shape index (κ1) is 11.0. The maximum Gasteiger partial charge on any atom is 0.126 e. The Morgan fingerprint density at radius 1 is 1.12 bits per heavy atom. The number of aryl methyl sites for hydroxylation is 2. The number of anilines is 1. The number of ether oxygens (including phenoxy) is 1. The van der Waals surface area contributed by atoms with Gasteiger partial charge in [-0.3, -0.25) is 0 Å². The predicted octanol–water partition coefficient (Wildman–Crippen LogP) is 3.62. The molecule has 16 heavy (non-hydrogen) atoms. The molecule has 1 aromatic carbocycles. The van der Waals surface area contributed by atoms with Crippen molar-refractivity contribution in [2.75, 3.05) is 12.8 Å². The average Bonchev–Trinajstić information content (AvgIpc) is 2.57. The van der Waals surface area contributed by atoms with Crippen LogP contribution in [0.3, 0.4) is 0 Å². The van der Waals surface area contributed by atoms with Crippen molar-refractivity contribution in [3.8, 4) is 16.9 Å². The third kappa shape index (κ3) is 1.91. The van der Waals surface area contributed by atoms with E-state index in [1.165, 1.54) is 10.4 Å². The molecule has 0 amide bonds. The van der Waals surface area contributed by atoms with Crippen LogP contribution in [0, 0.1) is 13.8 Å². The number of hydrogen-bond donors (Lipinski definition) is 1. The molecule has 0 unspecified atom stereocenters. The van der Waals surface area contributed by atoms with Gasteiger partial charge in [0.25, 0.3) is 0 Å². The molecule has 0 atom stereocenters. The Morgan fingerprint density at radius 2 is 1.88 bits per heavy atom. The van der Waals surface area contributed by atoms with Crippen LogP contribution < -0.4 is 10.5 Å². The van der Waals surface area contributed by atoms with Gasteiger partial charge in [-0.1, -0.05) is 11.6 Å². The Labute approximate surface area is 99.7 Å². The van der Waals surface area contributed by atoms with Crippen molar-refractivity contribution in [3.63, 3.8) is 0 Å². The third-order valence-corrected chi connectivity index (χ3v) is 3.41. The van der Waals surface area contributed by atoms with E-state index < -0.39 is 0 Å². The summed E-state index contributed by atoms with van der Waals surface area (Å²) in [4.78, 5) is 1.22. The van der Waals surface area contributed by atoms with Gasteiger partial charge in [0.1, 0.15) is 5.75 Å². The summed E-state index contributed by atoms with van der Waals surface area (Å²) in [6, 6.07) is 8.24. The van der Waals surface area contributed by atoms with Gasteiger partial charge < -0.3 is 10.5 Å². The molecular formula is C13H15NOS. The second kappa shape index (κ2) is 4.18. The Morgan fingerprint density at radius 3 is 2.44 bits per heavy atom. The lowest BCUT2D eigenvalue weighted by Crippen LogP contribution is -1.90. The molecule has 3 heteroatoms. The number of benzene rings is 1. The molecule has 0 spiro atoms. The van der Waals surface area contributed by atoms with Crippen molar-refractivity contribution < 1.29 is 4.74 Å². The minimum Gasteiger partial charge on any atom is -0.496 e. The van der Waals surface area contributed by atoms with Crippen LogP contribution in [-0.4, -0.2) is 7.11 Å². The maximum atomic E-state index is 6.01. The lowest BCUT2D eigenvalue weighted by Gasteiger charge is -2.08. The van der Waals surface area contributed by atoms with Gasteiger partial charge in [-0.2, -0.15) is 0 Å². The molecule has 2 N–H and O–H groups in total. The van der Waals surface area contributed by atoms with E-state index in [9.17, 15) is 0 Å². The zero-order valence-electron chi connectivity index (χ0n) is 9.70. The molecule has 0 radical (unpaired) electrons. The first-order valence-electron chi connectivity index (χ1n) is 5.12. The van der Waals surface area contributed by atoms with Crippen molar-refractivity contribution in [1.29, 1.82) is 0 Å². The largest absolute Gasteiger partial charge is 0.496 e. The summed E-state index contributed by atoms with van der Waals surface area (Å²) < 4.78 is 5.37. The van der Waals surface area contributed by atoms with Crippen LogP contribution in [0.2, 0.25) is 0 Å². The Bertz CT molecular complexity index is 517. The Kier molecular flexibility index (Phi) is 2.88. The average molecular weight is 233 g/mol. The molecule has 0 aliphatic heterocycles. The summed E-state index contributed by atoms with van der Waals surface area (Å²) >= 11 is 1.61. The van der Waals surface area contributed by atoms with Gasteiger partial charge in [-0.25, -0.2) is 0 Å². The summed E-state index contributed by atoms with van der Waals surface area (Å²) in [6.45, 7) is 4.13. The first-order chi connectivity index (χ1) is 7.61. The van der Waals surface area contributed by atoms with Gasteiger partial charge in [0, 0.05) is 16.0 Å². The van der Waals surface area contributed by atoms with Crippen LogP contribution in [0.1, 0.15) is 10.4 Å². The fourth-order valence-electron chi connectivity index (χ4n) is 1.78. The van der Waals surface area contributed by atoms with E-state index >= 15 is 0 Å². The van der Waals surface area contributed by atoms with E-state index in [-0.39, 0.29) is 0 Å². The van der Waals surface area contributed by atoms with Gasteiger partial charge in [0.05, 0.1) is 12.1 Å². The van der Waals surface area contributed by atoms with Crippen molar-refractivity contribution >= 4 is 16.3 Å². The number of hydrogen-bond acceptors (Lipinski definition) is 3. The Hall–Kier alpha value is -1.48. The molecule has 0 fully saturated rings. The number of thiophene rings is 1. The summed E-state index contributed by atoms with van der Waals surface area (Å²) in [5.74, 6) is 0.870. The topological polar surface area (TPSA) is 35.2 Å². The molecule has 0 bridgehead atoms. The number of nitrogens with two attached hydrogens (primary N) is 1. The highest BCUT2D eigenvalue weighted by molar-refractivity contribution is 7.16. The summed E-state index contributed by atoms with van der Waals surface area (Å²) in [7, 11) is 1.68. The van der Waals surface area contributed by atoms with E-state index in [2.05, 4.69) is 26.0 Å². The third-order valence-electron chi connectivity index (χ3n) is 2.53. The fourth-order valence-corrected chi connectivity index (χ4v) is 2.58. The van der Waals surface area contributed by atoms with Crippen LogP contribution in [0.25, 0.3) is 11.1 Å². The highest BCUT2D eigenvalue weighted by Crippen LogP contribution is 2.38. The normalized spacial score (nSPS) is 10.4. The molecule has 1 heterocycles. The molecular weight excluding hydrogens is 218 g/mol. The van der Waals surface area contributed by atoms with Gasteiger partial charge in [-0.05, 0) is 32.0 Å². The Balaban J connectivity index is 2.62. The van der Waals surface area contributed by atoms with Crippen LogP contribution in [0.4, 0.5) is 5.00 Å². The van der Waals surface area contributed by atoms with E-state index in [1.807, 2.05) is 12.1 Å². The lowest BCUT2D eigenvalue weighted by molar-refractivity contribution is 0.416. The second-order valence-corrected chi connectivity index (χ2v) is 5.13. The van der Waals surface area contributed by atoms with Crippen LogP contribution >= 0.6 is 11.3 Å². The molecule has 0 saturated carbocycles. The molecule has 0 aliphatic rings. The minimum atomic E-state index is 0.849. The lowest BCUT2D eigenvalue weighted by atomic mass is 10.0. The summed E-state index contributed by atoms with van der Waals surface area (Å²) in [5.41, 5.74) is 9.36. The standard InChI is InChI=1S/C13H15NOS/c1-8-4-5-12(15-3)10(6-8)11-7-9(2)16-13(11)14/h4-7H,14H2,1-3H3. The predicted molar refractivity (Wildman–Crippen MR) is 70.2 cm³/mol. The van der Waals surface area contributed by atoms with Gasteiger partial charge in [0.15, 0.2) is 0 Å². The smallest absolute Gasteiger partial charge is 0.126 e. The van der Waals surface area contributed by atoms with Crippen molar-refractivity contribution in [2.45, 2.75) is 13.8 Å². The van der Waals surface area contributed by atoms with Gasteiger partial charge >= 0.3 is 0 Å². The monoisotopic (exact) mass is 233 g/mol. The van der Waals surface area contributed by atoms with E-state index in [0.29, 0.717) is 0 Å². The van der Waals surface area contributed by atoms with E-state index in [4.69, 9.17) is 10.5 Å². The SMILES string of the molecule is COc1ccc(C)cc1-c1cc(C)sc1N. The van der Waals surface area contributed by atoms with Crippen LogP contribution in [-0.2, 0) is 0 Å². The summed E-state index contributed by atoms with van der Waals surface area (Å²) in [5, 5.41) is 0.849. The van der Waals surface area contributed by atoms with Crippen molar-refractivity contribution in [3.05, 3.63) is 34.7 Å². The highest BCUT2D eigenvalue weighted by Gasteiger charge is 2.11. The van der Waals surface area contributed by atoms with Gasteiger partial charge in [0.2, 0.25) is 0 Å². The molecule has 84 valence electrons. The zero-order chi connectivity index (χ0) is 11.7. The van der Waals surface area contributed by atoms with E-state index in [0.717, 1.165) is 21.9 Å². The van der Waals surface area contributed by atoms with Gasteiger partial charge in [-0.15, -0.1) is 11.3 Å². The molecule has 0 aliphatic carbocycles. The van der Waals surface area contributed by atoms with E-state index in [1.54, 1.807) is 18.4 Å². The minimum absolute atomic E-state index is 0.849. The highest BCUT2D eigenvalue weighted by atomic mass is 32.1. The fraction of sp³-hybridized carbons (Fsp3) is 0.231. The van der Waals surface area contributed by atoms with Crippen LogP contribution in [0.5, 0.6) is 5.75 Å². The van der Waals surface area contributed by atoms with Crippen molar-refractivity contribution in [2.24, 2.45) is 0 Å². The molecule has 2 nitrogen and oxygen atoms in total. The molecule has 0 saturated heterocycles. The first-order valence-corrected chi connectivity index (χ1v) is 5.94. The second-order valence-electron chi connectivity index (χ2n) is 3.84. The number of nitrogen functional groups attached to an aromatic ring is 1. The number of rotatable bonds is 2. The van der Waals surface area contributed by atoms with Crippen LogP contribution in [0.15, 0.2) is 24.3 Å². The molecule has 1 aromatic heterocycles. The van der Waals surface area contributed by atoms with Crippen molar-refractivity contribution in [1.82, 2.24) is 0 Å². The molecule has 2 aromatic rings. The molecule has 2 rings (SSSR count).